The lowest BCUT2D eigenvalue weighted by Crippen LogP contribution is -2.34. The second-order valence-corrected chi connectivity index (χ2v) is 10.0. The summed E-state index contributed by atoms with van der Waals surface area (Å²) >= 11 is 0. The molecule has 5 heterocycles. The molecule has 2 atom stereocenters. The number of fused-ring (bicyclic) bond motifs is 2. The van der Waals surface area contributed by atoms with Gasteiger partial charge in [0.1, 0.15) is 23.0 Å². The smallest absolute Gasteiger partial charge is 0.272 e. The van der Waals surface area contributed by atoms with Crippen molar-refractivity contribution in [3.8, 4) is 11.5 Å². The average Bonchev–Trinajstić information content (AvgIpc) is 3.67. The number of hydrogen-bond donors (Lipinski definition) is 2. The molecule has 0 aliphatic carbocycles. The number of para-hydroxylation sites is 3. The van der Waals surface area contributed by atoms with Gasteiger partial charge < -0.3 is 20.1 Å². The molecule has 188 valence electrons. The lowest BCUT2D eigenvalue weighted by atomic mass is 10.0. The number of benzene rings is 2. The Bertz CT molecular complexity index is 1570. The third-order valence-corrected chi connectivity index (χ3v) is 7.48. The zero-order valence-electron chi connectivity index (χ0n) is 20.8. The first-order chi connectivity index (χ1) is 18.7. The van der Waals surface area contributed by atoms with Crippen molar-refractivity contribution in [1.82, 2.24) is 24.8 Å². The van der Waals surface area contributed by atoms with Crippen molar-refractivity contribution in [2.45, 2.75) is 0 Å². The first-order valence-electron chi connectivity index (χ1n) is 13.0. The summed E-state index contributed by atoms with van der Waals surface area (Å²) < 4.78 is 0. The number of likely N-dealkylation sites (tertiary alicyclic amines) is 1. The van der Waals surface area contributed by atoms with Gasteiger partial charge in [0, 0.05) is 43.7 Å². The van der Waals surface area contributed by atoms with Crippen LogP contribution in [0.1, 0.15) is 10.5 Å². The minimum atomic E-state index is -0.00679. The summed E-state index contributed by atoms with van der Waals surface area (Å²) in [6.45, 7) is 3.24. The highest BCUT2D eigenvalue weighted by Crippen LogP contribution is 2.34. The van der Waals surface area contributed by atoms with Crippen LogP contribution in [0.25, 0.3) is 22.6 Å². The maximum absolute atomic E-state index is 13.3. The number of anilines is 3. The van der Waals surface area contributed by atoms with Crippen LogP contribution in [0.15, 0.2) is 91.0 Å². The van der Waals surface area contributed by atoms with E-state index in [0.717, 1.165) is 60.2 Å². The number of carbonyl (C=O) groups is 1. The first kappa shape index (κ1) is 22.5. The van der Waals surface area contributed by atoms with Gasteiger partial charge in [-0.05, 0) is 48.5 Å². The fourth-order valence-electron chi connectivity index (χ4n) is 5.61. The maximum Gasteiger partial charge on any atom is 0.272 e. The number of aromatic amines is 1. The number of pyridine rings is 2. The molecule has 38 heavy (non-hydrogen) atoms. The largest absolute Gasteiger partial charge is 0.356 e. The number of rotatable bonds is 5. The van der Waals surface area contributed by atoms with Crippen molar-refractivity contribution < 1.29 is 4.79 Å². The predicted octanol–water partition coefficient (Wildman–Crippen LogP) is 4.97. The highest BCUT2D eigenvalue weighted by atomic mass is 16.2. The molecule has 0 saturated carbocycles. The van der Waals surface area contributed by atoms with Crippen molar-refractivity contribution in [2.75, 3.05) is 36.4 Å². The van der Waals surface area contributed by atoms with Crippen molar-refractivity contribution in [2.24, 2.45) is 11.8 Å². The van der Waals surface area contributed by atoms with Crippen LogP contribution in [0.5, 0.6) is 0 Å². The van der Waals surface area contributed by atoms with Crippen LogP contribution in [-0.4, -0.2) is 56.9 Å². The number of amides is 1. The van der Waals surface area contributed by atoms with Gasteiger partial charge in [0.15, 0.2) is 5.82 Å². The number of aromatic nitrogens is 4. The molecule has 0 radical (unpaired) electrons. The first-order valence-corrected chi connectivity index (χ1v) is 13.0. The van der Waals surface area contributed by atoms with Gasteiger partial charge in [-0.15, -0.1) is 0 Å². The number of hydrogen-bond acceptors (Lipinski definition) is 6. The number of H-pyrrole nitrogens is 1. The predicted molar refractivity (Wildman–Crippen MR) is 148 cm³/mol. The minimum absolute atomic E-state index is 0.00679. The Balaban J connectivity index is 1.02. The molecule has 2 N–H and O–H groups in total. The van der Waals surface area contributed by atoms with Gasteiger partial charge in [0.2, 0.25) is 0 Å². The topological polar surface area (TPSA) is 90.0 Å². The van der Waals surface area contributed by atoms with Crippen LogP contribution < -0.4 is 10.2 Å². The fourth-order valence-corrected chi connectivity index (χ4v) is 5.61. The fraction of sp³-hybridized carbons (Fsp3) is 0.200. The van der Waals surface area contributed by atoms with Crippen LogP contribution in [0.4, 0.5) is 17.3 Å². The molecule has 2 aliphatic heterocycles. The van der Waals surface area contributed by atoms with Crippen molar-refractivity contribution in [3.05, 3.63) is 96.7 Å². The third kappa shape index (κ3) is 4.24. The van der Waals surface area contributed by atoms with E-state index in [9.17, 15) is 4.79 Å². The summed E-state index contributed by atoms with van der Waals surface area (Å²) in [5, 5.41) is 3.28. The normalized spacial score (nSPS) is 18.6. The third-order valence-electron chi connectivity index (χ3n) is 7.48. The molecule has 0 bridgehead atoms. The molecule has 5 aromatic rings. The van der Waals surface area contributed by atoms with E-state index in [4.69, 9.17) is 9.97 Å². The van der Waals surface area contributed by atoms with E-state index in [1.54, 1.807) is 6.07 Å². The van der Waals surface area contributed by atoms with E-state index in [0.29, 0.717) is 23.3 Å². The van der Waals surface area contributed by atoms with Crippen molar-refractivity contribution >= 4 is 34.3 Å². The molecular weight excluding hydrogens is 474 g/mol. The van der Waals surface area contributed by atoms with Gasteiger partial charge in [0.25, 0.3) is 5.91 Å². The molecular formula is C30H27N7O. The van der Waals surface area contributed by atoms with Gasteiger partial charge in [-0.3, -0.25) is 4.79 Å². The number of carbonyl (C=O) groups excluding carboxylic acids is 1. The molecule has 2 aliphatic rings. The van der Waals surface area contributed by atoms with E-state index in [1.165, 1.54) is 0 Å². The minimum Gasteiger partial charge on any atom is -0.356 e. The van der Waals surface area contributed by atoms with E-state index in [-0.39, 0.29) is 5.91 Å². The van der Waals surface area contributed by atoms with Crippen LogP contribution in [0, 0.1) is 11.8 Å². The van der Waals surface area contributed by atoms with Crippen LogP contribution in [-0.2, 0) is 0 Å². The Morgan fingerprint density at radius 3 is 2.34 bits per heavy atom. The van der Waals surface area contributed by atoms with Crippen LogP contribution >= 0.6 is 0 Å². The Labute approximate surface area is 220 Å². The molecule has 2 fully saturated rings. The van der Waals surface area contributed by atoms with Gasteiger partial charge in [-0.1, -0.05) is 42.5 Å². The average molecular weight is 502 g/mol. The molecule has 2 unspecified atom stereocenters. The molecule has 1 amide bonds. The monoisotopic (exact) mass is 501 g/mol. The summed E-state index contributed by atoms with van der Waals surface area (Å²) in [7, 11) is 0. The van der Waals surface area contributed by atoms with E-state index >= 15 is 0 Å². The molecule has 8 heteroatoms. The maximum atomic E-state index is 13.3. The Morgan fingerprint density at radius 2 is 1.53 bits per heavy atom. The Morgan fingerprint density at radius 1 is 0.763 bits per heavy atom. The van der Waals surface area contributed by atoms with Gasteiger partial charge >= 0.3 is 0 Å². The highest BCUT2D eigenvalue weighted by Gasteiger charge is 2.42. The van der Waals surface area contributed by atoms with Crippen molar-refractivity contribution in [3.63, 3.8) is 0 Å². The second-order valence-electron chi connectivity index (χ2n) is 10.0. The molecule has 2 saturated heterocycles. The molecule has 2 aromatic carbocycles. The molecule has 7 rings (SSSR count). The summed E-state index contributed by atoms with van der Waals surface area (Å²) in [5.41, 5.74) is 4.20. The van der Waals surface area contributed by atoms with E-state index in [1.807, 2.05) is 83.8 Å². The van der Waals surface area contributed by atoms with Gasteiger partial charge in [0.05, 0.1) is 11.0 Å². The zero-order chi connectivity index (χ0) is 25.5. The van der Waals surface area contributed by atoms with Crippen molar-refractivity contribution in [1.29, 1.82) is 0 Å². The molecule has 0 spiro atoms. The van der Waals surface area contributed by atoms with E-state index < -0.39 is 0 Å². The number of nitrogens with zero attached hydrogens (tertiary/aromatic N) is 5. The Kier molecular flexibility index (Phi) is 5.50. The molecule has 3 aromatic heterocycles. The standard InChI is InChI=1S/C30H27N7O/c38-30(26-13-6-14-27(32-26)31-22-8-2-1-3-9-22)37-18-20-16-36(17-21(20)19-37)28-15-7-12-25(33-28)29-34-23-10-4-5-11-24(23)35-29/h1-15,20-21H,16-19H2,(H,31,32)(H,34,35). The summed E-state index contributed by atoms with van der Waals surface area (Å²) in [6.07, 6.45) is 0. The second kappa shape index (κ2) is 9.30. The zero-order valence-corrected chi connectivity index (χ0v) is 20.8. The quantitative estimate of drug-likeness (QED) is 0.353. The number of imidazole rings is 1. The Hall–Kier alpha value is -4.72. The van der Waals surface area contributed by atoms with Gasteiger partial charge in [-0.25, -0.2) is 15.0 Å². The molecule has 8 nitrogen and oxygen atoms in total. The van der Waals surface area contributed by atoms with E-state index in [2.05, 4.69) is 26.3 Å². The lowest BCUT2D eigenvalue weighted by Gasteiger charge is -2.22. The highest BCUT2D eigenvalue weighted by molar-refractivity contribution is 5.93. The SMILES string of the molecule is O=C(c1cccc(Nc2ccccc2)n1)N1CC2CN(c3cccc(-c4nc5ccccc5[nH]4)n3)CC2C1. The number of nitrogens with one attached hydrogen (secondary N) is 2. The summed E-state index contributed by atoms with van der Waals surface area (Å²) in [6, 6.07) is 29.5. The lowest BCUT2D eigenvalue weighted by molar-refractivity contribution is 0.0777. The summed E-state index contributed by atoms with van der Waals surface area (Å²) in [5.74, 6) is 3.23. The van der Waals surface area contributed by atoms with Crippen LogP contribution in [0.3, 0.4) is 0 Å². The summed E-state index contributed by atoms with van der Waals surface area (Å²) in [4.78, 5) is 35.2. The van der Waals surface area contributed by atoms with Crippen LogP contribution in [0.2, 0.25) is 0 Å². The van der Waals surface area contributed by atoms with Gasteiger partial charge in [-0.2, -0.15) is 0 Å².